The molecule has 24 heavy (non-hydrogen) atoms. The van der Waals surface area contributed by atoms with E-state index in [4.69, 9.17) is 22.8 Å². The molecule has 0 rings (SSSR count). The molecule has 7 nitrogen and oxygen atoms in total. The van der Waals surface area contributed by atoms with Crippen molar-refractivity contribution in [3.63, 3.8) is 0 Å². The predicted octanol–water partition coefficient (Wildman–Crippen LogP) is 2.28. The van der Waals surface area contributed by atoms with Crippen molar-refractivity contribution in [2.75, 3.05) is 52.9 Å². The molecule has 0 aromatic carbocycles. The second-order valence-electron chi connectivity index (χ2n) is 5.07. The van der Waals surface area contributed by atoms with Crippen molar-refractivity contribution >= 4 is 14.8 Å². The molecule has 0 atom stereocenters. The lowest BCUT2D eigenvalue weighted by Crippen LogP contribution is -2.46. The van der Waals surface area contributed by atoms with E-state index < -0.39 is 8.80 Å². The molecule has 0 aliphatic carbocycles. The summed E-state index contributed by atoms with van der Waals surface area (Å²) >= 11 is 0. The SMILES string of the molecule is CCOCN(CCC[Si](OCC)(OCC)OCC)CC(=O)OCC. The van der Waals surface area contributed by atoms with Gasteiger partial charge in [0.1, 0.15) is 0 Å². The van der Waals surface area contributed by atoms with Crippen molar-refractivity contribution in [1.29, 1.82) is 0 Å². The first kappa shape index (κ1) is 23.5. The van der Waals surface area contributed by atoms with Gasteiger partial charge in [-0.1, -0.05) is 0 Å². The standard InChI is InChI=1S/C16H35NO6Si/c1-6-19-15-17(14-16(18)20-7-2)12-11-13-24(21-8-3,22-9-4)23-10-5/h6-15H2,1-5H3. The lowest BCUT2D eigenvalue weighted by Gasteiger charge is -2.29. The summed E-state index contributed by atoms with van der Waals surface area (Å²) < 4.78 is 28.0. The van der Waals surface area contributed by atoms with Gasteiger partial charge in [-0.3, -0.25) is 9.69 Å². The molecule has 0 aliphatic rings. The lowest BCUT2D eigenvalue weighted by atomic mass is 10.4. The van der Waals surface area contributed by atoms with Crippen LogP contribution < -0.4 is 0 Å². The molecule has 0 fully saturated rings. The fourth-order valence-electron chi connectivity index (χ4n) is 2.32. The molecule has 0 N–H and O–H groups in total. The summed E-state index contributed by atoms with van der Waals surface area (Å²) in [7, 11) is -2.63. The number of ether oxygens (including phenoxy) is 2. The first-order valence-corrected chi connectivity index (χ1v) is 10.9. The molecule has 0 amide bonds. The van der Waals surface area contributed by atoms with E-state index in [9.17, 15) is 4.79 Å². The quantitative estimate of drug-likeness (QED) is 0.236. The number of nitrogens with zero attached hydrogens (tertiary/aromatic N) is 1. The Morgan fingerprint density at radius 1 is 0.875 bits per heavy atom. The van der Waals surface area contributed by atoms with Gasteiger partial charge >= 0.3 is 14.8 Å². The topological polar surface area (TPSA) is 66.5 Å². The van der Waals surface area contributed by atoms with Crippen LogP contribution in [-0.4, -0.2) is 72.5 Å². The van der Waals surface area contributed by atoms with Gasteiger partial charge in [0.25, 0.3) is 0 Å². The lowest BCUT2D eigenvalue weighted by molar-refractivity contribution is -0.145. The maximum absolute atomic E-state index is 11.7. The molecule has 0 spiro atoms. The first-order valence-electron chi connectivity index (χ1n) is 8.94. The maximum atomic E-state index is 11.7. The van der Waals surface area contributed by atoms with Crippen LogP contribution in [0.1, 0.15) is 41.0 Å². The zero-order valence-corrected chi connectivity index (χ0v) is 17.0. The van der Waals surface area contributed by atoms with Crippen molar-refractivity contribution in [2.45, 2.75) is 47.1 Å². The van der Waals surface area contributed by atoms with E-state index in [2.05, 4.69) is 0 Å². The van der Waals surface area contributed by atoms with Crippen LogP contribution in [0.2, 0.25) is 6.04 Å². The molecule has 0 bridgehead atoms. The molecule has 8 heteroatoms. The van der Waals surface area contributed by atoms with E-state index in [1.165, 1.54) is 0 Å². The number of rotatable bonds is 16. The predicted molar refractivity (Wildman–Crippen MR) is 94.8 cm³/mol. The summed E-state index contributed by atoms with van der Waals surface area (Å²) in [6.07, 6.45) is 0.804. The maximum Gasteiger partial charge on any atom is 0.500 e. The highest BCUT2D eigenvalue weighted by Gasteiger charge is 2.39. The fourth-order valence-corrected chi connectivity index (χ4v) is 4.91. The Morgan fingerprint density at radius 2 is 1.46 bits per heavy atom. The van der Waals surface area contributed by atoms with Crippen LogP contribution in [0, 0.1) is 0 Å². The third-order valence-corrected chi connectivity index (χ3v) is 6.34. The number of esters is 1. The molecule has 0 aromatic heterocycles. The fraction of sp³-hybridized carbons (Fsp3) is 0.938. The third-order valence-electron chi connectivity index (χ3n) is 3.19. The average molecular weight is 366 g/mol. The van der Waals surface area contributed by atoms with E-state index in [0.29, 0.717) is 52.4 Å². The summed E-state index contributed by atoms with van der Waals surface area (Å²) in [6, 6.07) is 0.716. The first-order chi connectivity index (χ1) is 11.6. The Balaban J connectivity index is 4.57. The molecule has 0 aromatic rings. The Kier molecular flexibility index (Phi) is 14.5. The number of carbonyl (C=O) groups is 1. The van der Waals surface area contributed by atoms with Crippen LogP contribution in [0.3, 0.4) is 0 Å². The summed E-state index contributed by atoms with van der Waals surface area (Å²) in [5.41, 5.74) is 0. The third kappa shape index (κ3) is 10.4. The van der Waals surface area contributed by atoms with Crippen LogP contribution in [0.4, 0.5) is 0 Å². The summed E-state index contributed by atoms with van der Waals surface area (Å²) in [6.45, 7) is 13.6. The minimum atomic E-state index is -2.63. The van der Waals surface area contributed by atoms with Gasteiger partial charge in [0.15, 0.2) is 0 Å². The van der Waals surface area contributed by atoms with Crippen molar-refractivity contribution in [3.05, 3.63) is 0 Å². The molecular weight excluding hydrogens is 330 g/mol. The van der Waals surface area contributed by atoms with E-state index in [-0.39, 0.29) is 12.5 Å². The van der Waals surface area contributed by atoms with Gasteiger partial charge in [0.05, 0.1) is 19.9 Å². The molecule has 0 saturated carbocycles. The zero-order valence-electron chi connectivity index (χ0n) is 16.0. The molecular formula is C16H35NO6Si. The van der Waals surface area contributed by atoms with Gasteiger partial charge in [0.2, 0.25) is 0 Å². The van der Waals surface area contributed by atoms with Gasteiger partial charge in [-0.2, -0.15) is 0 Å². The number of hydrogen-bond acceptors (Lipinski definition) is 7. The monoisotopic (exact) mass is 365 g/mol. The van der Waals surface area contributed by atoms with Crippen molar-refractivity contribution in [2.24, 2.45) is 0 Å². The number of carbonyl (C=O) groups excluding carboxylic acids is 1. The second kappa shape index (κ2) is 14.8. The van der Waals surface area contributed by atoms with Gasteiger partial charge in [-0.25, -0.2) is 0 Å². The van der Waals surface area contributed by atoms with Crippen molar-refractivity contribution in [1.82, 2.24) is 4.90 Å². The molecule has 144 valence electrons. The van der Waals surface area contributed by atoms with E-state index in [0.717, 1.165) is 6.42 Å². The van der Waals surface area contributed by atoms with Crippen LogP contribution in [0.5, 0.6) is 0 Å². The Labute approximate surface area is 147 Å². The Hall–Kier alpha value is -0.513. The van der Waals surface area contributed by atoms with E-state index in [1.807, 2.05) is 32.6 Å². The minimum absolute atomic E-state index is 0.223. The van der Waals surface area contributed by atoms with Crippen molar-refractivity contribution < 1.29 is 27.5 Å². The Bertz CT molecular complexity index is 302. The van der Waals surface area contributed by atoms with Gasteiger partial charge in [-0.05, 0) is 41.0 Å². The molecule has 0 heterocycles. The highest BCUT2D eigenvalue weighted by Crippen LogP contribution is 2.18. The molecule has 0 saturated heterocycles. The smallest absolute Gasteiger partial charge is 0.465 e. The Morgan fingerprint density at radius 3 is 1.92 bits per heavy atom. The molecule has 0 radical (unpaired) electrons. The van der Waals surface area contributed by atoms with E-state index >= 15 is 0 Å². The van der Waals surface area contributed by atoms with Crippen LogP contribution in [0.15, 0.2) is 0 Å². The van der Waals surface area contributed by atoms with Crippen molar-refractivity contribution in [3.8, 4) is 0 Å². The summed E-state index contributed by atoms with van der Waals surface area (Å²) in [4.78, 5) is 13.6. The minimum Gasteiger partial charge on any atom is -0.465 e. The number of hydrogen-bond donors (Lipinski definition) is 0. The normalized spacial score (nSPS) is 11.9. The largest absolute Gasteiger partial charge is 0.500 e. The van der Waals surface area contributed by atoms with Gasteiger partial charge in [0, 0.05) is 39.0 Å². The summed E-state index contributed by atoms with van der Waals surface area (Å²) in [5, 5.41) is 0. The molecule has 0 unspecified atom stereocenters. The second-order valence-corrected chi connectivity index (χ2v) is 7.80. The van der Waals surface area contributed by atoms with Crippen LogP contribution in [-0.2, 0) is 27.5 Å². The van der Waals surface area contributed by atoms with Gasteiger partial charge in [-0.15, -0.1) is 0 Å². The van der Waals surface area contributed by atoms with Crippen LogP contribution >= 0.6 is 0 Å². The highest BCUT2D eigenvalue weighted by molar-refractivity contribution is 6.60. The van der Waals surface area contributed by atoms with Crippen LogP contribution in [0.25, 0.3) is 0 Å². The average Bonchev–Trinajstić information content (AvgIpc) is 2.53. The highest BCUT2D eigenvalue weighted by atomic mass is 28.4. The van der Waals surface area contributed by atoms with Gasteiger partial charge < -0.3 is 22.8 Å². The summed E-state index contributed by atoms with van der Waals surface area (Å²) in [5.74, 6) is -0.236. The van der Waals surface area contributed by atoms with E-state index in [1.54, 1.807) is 6.92 Å². The zero-order chi connectivity index (χ0) is 18.3. The molecule has 0 aliphatic heterocycles.